The molecule has 0 fully saturated rings. The van der Waals surface area contributed by atoms with Gasteiger partial charge in [-0.25, -0.2) is 4.79 Å². The van der Waals surface area contributed by atoms with E-state index in [1.54, 1.807) is 19.1 Å². The Labute approximate surface area is 198 Å². The fourth-order valence-electron chi connectivity index (χ4n) is 2.67. The van der Waals surface area contributed by atoms with Gasteiger partial charge in [0.25, 0.3) is 5.91 Å². The summed E-state index contributed by atoms with van der Waals surface area (Å²) in [5.41, 5.74) is 3.93. The Morgan fingerprint density at radius 2 is 1.88 bits per heavy atom. The SMILES string of the molecule is CCOC(=O)NC(=O)/C(C#N)=N/Nc1cc(Cl)c(Oc2ccc3nc(C)ccc3c2)c(Cl)c1. The normalized spacial score (nSPS) is 10.9. The summed E-state index contributed by atoms with van der Waals surface area (Å²) in [6, 6.07) is 13.7. The second kappa shape index (κ2) is 10.6. The van der Waals surface area contributed by atoms with Crippen LogP contribution in [0.4, 0.5) is 10.5 Å². The average Bonchev–Trinajstić information content (AvgIpc) is 2.76. The topological polar surface area (TPSA) is 126 Å². The molecule has 3 rings (SSSR count). The quantitative estimate of drug-likeness (QED) is 0.362. The number of anilines is 1. The van der Waals surface area contributed by atoms with Crippen LogP contribution in [0.25, 0.3) is 10.9 Å². The van der Waals surface area contributed by atoms with Crippen molar-refractivity contribution in [2.24, 2.45) is 5.10 Å². The van der Waals surface area contributed by atoms with Gasteiger partial charge < -0.3 is 9.47 Å². The van der Waals surface area contributed by atoms with Gasteiger partial charge in [-0.05, 0) is 50.2 Å². The molecule has 1 aromatic heterocycles. The molecule has 0 spiro atoms. The zero-order valence-corrected chi connectivity index (χ0v) is 19.0. The van der Waals surface area contributed by atoms with Crippen LogP contribution in [0.3, 0.4) is 0 Å². The molecule has 168 valence electrons. The summed E-state index contributed by atoms with van der Waals surface area (Å²) in [6.45, 7) is 3.55. The molecule has 0 aliphatic heterocycles. The van der Waals surface area contributed by atoms with Crippen molar-refractivity contribution < 1.29 is 19.1 Å². The van der Waals surface area contributed by atoms with Gasteiger partial charge in [0.05, 0.1) is 27.9 Å². The van der Waals surface area contributed by atoms with Crippen molar-refractivity contribution in [3.05, 3.63) is 58.2 Å². The lowest BCUT2D eigenvalue weighted by molar-refractivity contribution is -0.114. The van der Waals surface area contributed by atoms with Crippen LogP contribution >= 0.6 is 23.2 Å². The van der Waals surface area contributed by atoms with E-state index in [-0.39, 0.29) is 28.1 Å². The van der Waals surface area contributed by atoms with E-state index >= 15 is 0 Å². The van der Waals surface area contributed by atoms with Crippen molar-refractivity contribution in [3.63, 3.8) is 0 Å². The zero-order chi connectivity index (χ0) is 24.0. The number of alkyl carbamates (subject to hydrolysis) is 1. The standard InChI is InChI=1S/C22H17Cl2N5O4/c1-3-32-22(31)27-21(30)19(11-25)29-28-14-9-16(23)20(17(24)10-14)33-15-6-7-18-13(8-15)5-4-12(2)26-18/h4-10,28H,3H2,1-2H3,(H,27,30,31)/b29-19+. The van der Waals surface area contributed by atoms with E-state index < -0.39 is 17.7 Å². The van der Waals surface area contributed by atoms with E-state index in [1.165, 1.54) is 12.1 Å². The van der Waals surface area contributed by atoms with E-state index in [0.29, 0.717) is 5.75 Å². The van der Waals surface area contributed by atoms with E-state index in [0.717, 1.165) is 16.6 Å². The van der Waals surface area contributed by atoms with Gasteiger partial charge in [-0.2, -0.15) is 10.4 Å². The predicted octanol–water partition coefficient (Wildman–Crippen LogP) is 5.21. The highest BCUT2D eigenvalue weighted by Gasteiger charge is 2.16. The maximum Gasteiger partial charge on any atom is 0.414 e. The highest BCUT2D eigenvalue weighted by molar-refractivity contribution is 6.47. The zero-order valence-electron chi connectivity index (χ0n) is 17.5. The Morgan fingerprint density at radius 3 is 2.55 bits per heavy atom. The molecule has 11 heteroatoms. The Kier molecular flexibility index (Phi) is 7.66. The van der Waals surface area contributed by atoms with Crippen LogP contribution in [0.2, 0.25) is 10.0 Å². The van der Waals surface area contributed by atoms with Gasteiger partial charge in [0.1, 0.15) is 11.8 Å². The monoisotopic (exact) mass is 485 g/mol. The number of amides is 2. The molecule has 33 heavy (non-hydrogen) atoms. The van der Waals surface area contributed by atoms with Gasteiger partial charge in [-0.15, -0.1) is 0 Å². The number of carbonyl (C=O) groups excluding carboxylic acids is 2. The molecule has 0 unspecified atom stereocenters. The Bertz CT molecular complexity index is 1280. The molecule has 0 aliphatic carbocycles. The number of fused-ring (bicyclic) bond motifs is 1. The first kappa shape index (κ1) is 23.8. The van der Waals surface area contributed by atoms with Crippen molar-refractivity contribution in [1.82, 2.24) is 10.3 Å². The first-order valence-electron chi connectivity index (χ1n) is 9.57. The van der Waals surface area contributed by atoms with Crippen LogP contribution in [0, 0.1) is 18.3 Å². The molecule has 1 heterocycles. The third-order valence-corrected chi connectivity index (χ3v) is 4.69. The number of nitrogens with one attached hydrogen (secondary N) is 2. The predicted molar refractivity (Wildman–Crippen MR) is 125 cm³/mol. The summed E-state index contributed by atoms with van der Waals surface area (Å²) >= 11 is 12.6. The number of aromatic nitrogens is 1. The molecule has 0 saturated heterocycles. The lowest BCUT2D eigenvalue weighted by atomic mass is 10.2. The largest absolute Gasteiger partial charge is 0.454 e. The number of nitriles is 1. The molecule has 2 N–H and O–H groups in total. The molecule has 0 atom stereocenters. The number of halogens is 2. The third-order valence-electron chi connectivity index (χ3n) is 4.13. The lowest BCUT2D eigenvalue weighted by Gasteiger charge is -2.12. The highest BCUT2D eigenvalue weighted by atomic mass is 35.5. The lowest BCUT2D eigenvalue weighted by Crippen LogP contribution is -2.36. The molecule has 2 amide bonds. The number of aryl methyl sites for hydroxylation is 1. The second-order valence-corrected chi connectivity index (χ2v) is 7.35. The maximum atomic E-state index is 11.9. The molecule has 0 aliphatic rings. The van der Waals surface area contributed by atoms with Crippen LogP contribution in [0.5, 0.6) is 11.5 Å². The van der Waals surface area contributed by atoms with Crippen LogP contribution in [0.15, 0.2) is 47.6 Å². The van der Waals surface area contributed by atoms with Gasteiger partial charge in [0.15, 0.2) is 5.75 Å². The first-order chi connectivity index (χ1) is 15.8. The first-order valence-corrected chi connectivity index (χ1v) is 10.3. The number of rotatable bonds is 6. The van der Waals surface area contributed by atoms with Gasteiger partial charge in [-0.3, -0.25) is 20.5 Å². The summed E-state index contributed by atoms with van der Waals surface area (Å²) in [4.78, 5) is 27.7. The third kappa shape index (κ3) is 6.10. The number of hydrogen-bond acceptors (Lipinski definition) is 8. The number of benzene rings is 2. The van der Waals surface area contributed by atoms with Crippen molar-refractivity contribution >= 4 is 57.5 Å². The minimum Gasteiger partial charge on any atom is -0.454 e. The van der Waals surface area contributed by atoms with Gasteiger partial charge in [-0.1, -0.05) is 29.3 Å². The van der Waals surface area contributed by atoms with Crippen LogP contribution in [-0.2, 0) is 9.53 Å². The summed E-state index contributed by atoms with van der Waals surface area (Å²) in [6.07, 6.45) is -0.988. The molecule has 0 radical (unpaired) electrons. The maximum absolute atomic E-state index is 11.9. The van der Waals surface area contributed by atoms with Gasteiger partial charge in [0.2, 0.25) is 5.71 Å². The second-order valence-electron chi connectivity index (χ2n) is 6.54. The highest BCUT2D eigenvalue weighted by Crippen LogP contribution is 2.39. The van der Waals surface area contributed by atoms with Crippen LogP contribution < -0.4 is 15.5 Å². The van der Waals surface area contributed by atoms with E-state index in [1.807, 2.05) is 36.5 Å². The number of carbonyl (C=O) groups is 2. The molecule has 0 saturated carbocycles. The number of hydrazone groups is 1. The average molecular weight is 486 g/mol. The van der Waals surface area contributed by atoms with E-state index in [9.17, 15) is 9.59 Å². The Morgan fingerprint density at radius 1 is 1.15 bits per heavy atom. The molecule has 2 aromatic carbocycles. The fraction of sp³-hybridized carbons (Fsp3) is 0.136. The summed E-state index contributed by atoms with van der Waals surface area (Å²) < 4.78 is 10.4. The molecule has 0 bridgehead atoms. The molecule has 3 aromatic rings. The number of imide groups is 1. The van der Waals surface area contributed by atoms with Gasteiger partial charge in [0, 0.05) is 11.1 Å². The van der Waals surface area contributed by atoms with Crippen molar-refractivity contribution in [2.75, 3.05) is 12.0 Å². The number of nitrogens with zero attached hydrogens (tertiary/aromatic N) is 3. The Hall–Kier alpha value is -3.87. The summed E-state index contributed by atoms with van der Waals surface area (Å²) in [7, 11) is 0. The van der Waals surface area contributed by atoms with Crippen LogP contribution in [-0.4, -0.2) is 29.3 Å². The number of pyridine rings is 1. The number of hydrogen-bond donors (Lipinski definition) is 2. The summed E-state index contributed by atoms with van der Waals surface area (Å²) in [5, 5.41) is 15.9. The minimum absolute atomic E-state index is 0.0670. The van der Waals surface area contributed by atoms with Crippen molar-refractivity contribution in [3.8, 4) is 17.6 Å². The summed E-state index contributed by atoms with van der Waals surface area (Å²) in [5.74, 6) is -0.299. The molecular formula is C22H17Cl2N5O4. The minimum atomic E-state index is -1.03. The van der Waals surface area contributed by atoms with Gasteiger partial charge >= 0.3 is 6.09 Å². The van der Waals surface area contributed by atoms with Crippen molar-refractivity contribution in [2.45, 2.75) is 13.8 Å². The van der Waals surface area contributed by atoms with Crippen LogP contribution in [0.1, 0.15) is 12.6 Å². The van der Waals surface area contributed by atoms with E-state index in [2.05, 4.69) is 20.2 Å². The fourth-order valence-corrected chi connectivity index (χ4v) is 3.24. The number of ether oxygens (including phenoxy) is 2. The van der Waals surface area contributed by atoms with E-state index in [4.69, 9.17) is 33.2 Å². The smallest absolute Gasteiger partial charge is 0.414 e. The van der Waals surface area contributed by atoms with Crippen molar-refractivity contribution in [1.29, 1.82) is 5.26 Å². The Balaban J connectivity index is 1.76. The molecule has 9 nitrogen and oxygen atoms in total. The molecular weight excluding hydrogens is 469 g/mol.